The van der Waals surface area contributed by atoms with Crippen LogP contribution in [0.2, 0.25) is 0 Å². The van der Waals surface area contributed by atoms with Crippen LogP contribution < -0.4 is 20.5 Å². The van der Waals surface area contributed by atoms with Crippen LogP contribution in [0.3, 0.4) is 0 Å². The number of primary amides is 1. The molecule has 1 heterocycles. The molecule has 3 aromatic rings. The van der Waals surface area contributed by atoms with Gasteiger partial charge in [-0.2, -0.15) is 0 Å². The summed E-state index contributed by atoms with van der Waals surface area (Å²) in [6, 6.07) is 10.0. The Morgan fingerprint density at radius 3 is 2.52 bits per heavy atom. The van der Waals surface area contributed by atoms with Gasteiger partial charge in [0.25, 0.3) is 11.8 Å². The Balaban J connectivity index is 1.95. The SMILES string of the molecule is COc1cc(NC(=O)c2cccc(-n3ccnc3SC)c2)c(C(N)=O)cc1OC. The van der Waals surface area contributed by atoms with Gasteiger partial charge in [-0.1, -0.05) is 17.8 Å². The van der Waals surface area contributed by atoms with Gasteiger partial charge in [-0.05, 0) is 30.5 Å². The highest BCUT2D eigenvalue weighted by molar-refractivity contribution is 7.98. The van der Waals surface area contributed by atoms with Crippen molar-refractivity contribution in [2.45, 2.75) is 5.16 Å². The Morgan fingerprint density at radius 2 is 1.86 bits per heavy atom. The van der Waals surface area contributed by atoms with Crippen molar-refractivity contribution in [3.05, 3.63) is 59.9 Å². The summed E-state index contributed by atoms with van der Waals surface area (Å²) < 4.78 is 12.3. The second-order valence-electron chi connectivity index (χ2n) is 5.91. The lowest BCUT2D eigenvalue weighted by molar-refractivity contribution is 0.100. The molecule has 1 aromatic heterocycles. The third kappa shape index (κ3) is 4.19. The Morgan fingerprint density at radius 1 is 1.14 bits per heavy atom. The lowest BCUT2D eigenvalue weighted by Gasteiger charge is -2.14. The smallest absolute Gasteiger partial charge is 0.255 e. The van der Waals surface area contributed by atoms with Crippen LogP contribution in [-0.4, -0.2) is 41.8 Å². The zero-order valence-electron chi connectivity index (χ0n) is 16.1. The molecule has 0 saturated heterocycles. The molecule has 0 aliphatic heterocycles. The molecule has 8 nitrogen and oxygen atoms in total. The van der Waals surface area contributed by atoms with Crippen molar-refractivity contribution < 1.29 is 19.1 Å². The zero-order valence-corrected chi connectivity index (χ0v) is 16.9. The molecule has 0 aliphatic carbocycles. The molecule has 0 bridgehead atoms. The van der Waals surface area contributed by atoms with E-state index < -0.39 is 11.8 Å². The van der Waals surface area contributed by atoms with Crippen molar-refractivity contribution in [2.75, 3.05) is 25.8 Å². The number of ether oxygens (including phenoxy) is 2. The minimum atomic E-state index is -0.696. The maximum absolute atomic E-state index is 12.9. The Kier molecular flexibility index (Phi) is 6.08. The summed E-state index contributed by atoms with van der Waals surface area (Å²) in [6.45, 7) is 0. The highest BCUT2D eigenvalue weighted by atomic mass is 32.2. The van der Waals surface area contributed by atoms with Crippen LogP contribution in [0.15, 0.2) is 53.9 Å². The predicted octanol–water partition coefficient (Wildman–Crippen LogP) is 2.96. The van der Waals surface area contributed by atoms with E-state index in [1.54, 1.807) is 24.4 Å². The zero-order chi connectivity index (χ0) is 21.0. The third-order valence-corrected chi connectivity index (χ3v) is 4.88. The van der Waals surface area contributed by atoms with Crippen LogP contribution in [0.5, 0.6) is 11.5 Å². The van der Waals surface area contributed by atoms with E-state index in [2.05, 4.69) is 10.3 Å². The Labute approximate surface area is 172 Å². The van der Waals surface area contributed by atoms with Crippen LogP contribution in [0, 0.1) is 0 Å². The second kappa shape index (κ2) is 8.70. The number of rotatable bonds is 7. The lowest BCUT2D eigenvalue weighted by Crippen LogP contribution is -2.19. The number of hydrogen-bond acceptors (Lipinski definition) is 6. The van der Waals surface area contributed by atoms with Crippen LogP contribution in [-0.2, 0) is 0 Å². The van der Waals surface area contributed by atoms with Gasteiger partial charge in [0.2, 0.25) is 0 Å². The molecule has 0 unspecified atom stereocenters. The second-order valence-corrected chi connectivity index (χ2v) is 6.68. The van der Waals surface area contributed by atoms with E-state index in [1.807, 2.05) is 23.1 Å². The lowest BCUT2D eigenvalue weighted by atomic mass is 10.1. The first-order valence-electron chi connectivity index (χ1n) is 8.53. The van der Waals surface area contributed by atoms with Crippen molar-refractivity contribution in [3.63, 3.8) is 0 Å². The fourth-order valence-corrected chi connectivity index (χ4v) is 3.34. The van der Waals surface area contributed by atoms with E-state index in [-0.39, 0.29) is 11.3 Å². The maximum atomic E-state index is 12.9. The summed E-state index contributed by atoms with van der Waals surface area (Å²) in [6.07, 6.45) is 5.45. The summed E-state index contributed by atoms with van der Waals surface area (Å²) in [5.74, 6) is -0.388. The Bertz CT molecular complexity index is 1060. The molecule has 0 saturated carbocycles. The van der Waals surface area contributed by atoms with E-state index in [1.165, 1.54) is 38.1 Å². The van der Waals surface area contributed by atoms with Crippen LogP contribution in [0.1, 0.15) is 20.7 Å². The average molecular weight is 412 g/mol. The van der Waals surface area contributed by atoms with Crippen molar-refractivity contribution >= 4 is 29.3 Å². The van der Waals surface area contributed by atoms with Crippen molar-refractivity contribution in [2.24, 2.45) is 5.73 Å². The molecule has 0 fully saturated rings. The first-order chi connectivity index (χ1) is 14.0. The number of methoxy groups -OCH3 is 2. The number of thioether (sulfide) groups is 1. The standard InChI is InChI=1S/C20H20N4O4S/c1-27-16-10-14(18(21)25)15(11-17(16)28-2)23-19(26)12-5-4-6-13(9-12)24-8-7-22-20(24)29-3/h4-11H,1-3H3,(H2,21,25)(H,23,26). The third-order valence-electron chi connectivity index (χ3n) is 4.21. The van der Waals surface area contributed by atoms with Gasteiger partial charge in [-0.15, -0.1) is 0 Å². The molecule has 29 heavy (non-hydrogen) atoms. The number of aromatic nitrogens is 2. The van der Waals surface area contributed by atoms with Crippen molar-refractivity contribution in [1.82, 2.24) is 9.55 Å². The number of anilines is 1. The number of nitrogens with zero attached hydrogens (tertiary/aromatic N) is 2. The first-order valence-corrected chi connectivity index (χ1v) is 9.76. The fraction of sp³-hybridized carbons (Fsp3) is 0.150. The van der Waals surface area contributed by atoms with Gasteiger partial charge >= 0.3 is 0 Å². The summed E-state index contributed by atoms with van der Waals surface area (Å²) in [4.78, 5) is 29.0. The van der Waals surface area contributed by atoms with Gasteiger partial charge in [0, 0.05) is 29.7 Å². The fourth-order valence-electron chi connectivity index (χ4n) is 2.82. The molecule has 2 amide bonds. The quantitative estimate of drug-likeness (QED) is 0.578. The van der Waals surface area contributed by atoms with Gasteiger partial charge in [0.05, 0.1) is 25.5 Å². The molecule has 0 aliphatic rings. The number of benzene rings is 2. The topological polar surface area (TPSA) is 108 Å². The Hall–Kier alpha value is -3.46. The van der Waals surface area contributed by atoms with Crippen LogP contribution in [0.25, 0.3) is 5.69 Å². The van der Waals surface area contributed by atoms with E-state index in [9.17, 15) is 9.59 Å². The number of carbonyl (C=O) groups is 2. The predicted molar refractivity (Wildman–Crippen MR) is 111 cm³/mol. The van der Waals surface area contributed by atoms with Crippen molar-refractivity contribution in [3.8, 4) is 17.2 Å². The first kappa shape index (κ1) is 20.3. The molecule has 3 rings (SSSR count). The number of carbonyl (C=O) groups excluding carboxylic acids is 2. The average Bonchev–Trinajstić information content (AvgIpc) is 3.22. The number of hydrogen-bond donors (Lipinski definition) is 2. The minimum absolute atomic E-state index is 0.117. The maximum Gasteiger partial charge on any atom is 0.255 e. The summed E-state index contributed by atoms with van der Waals surface area (Å²) in [5.41, 5.74) is 7.02. The van der Waals surface area contributed by atoms with E-state index in [0.717, 1.165) is 10.8 Å². The molecule has 2 aromatic carbocycles. The van der Waals surface area contributed by atoms with Gasteiger partial charge in [0.1, 0.15) is 0 Å². The highest BCUT2D eigenvalue weighted by Crippen LogP contribution is 2.33. The molecule has 0 spiro atoms. The van der Waals surface area contributed by atoms with Crippen molar-refractivity contribution in [1.29, 1.82) is 0 Å². The number of imidazole rings is 1. The summed E-state index contributed by atoms with van der Waals surface area (Å²) in [7, 11) is 2.91. The monoisotopic (exact) mass is 412 g/mol. The minimum Gasteiger partial charge on any atom is -0.493 e. The van der Waals surface area contributed by atoms with E-state index in [0.29, 0.717) is 17.1 Å². The van der Waals surface area contributed by atoms with Gasteiger partial charge in [-0.25, -0.2) is 4.98 Å². The van der Waals surface area contributed by atoms with E-state index >= 15 is 0 Å². The molecule has 9 heteroatoms. The van der Waals surface area contributed by atoms with Gasteiger partial charge < -0.3 is 20.5 Å². The normalized spacial score (nSPS) is 10.4. The molecule has 0 radical (unpaired) electrons. The molecular formula is C20H20N4O4S. The number of nitrogens with one attached hydrogen (secondary N) is 1. The number of nitrogens with two attached hydrogens (primary N) is 1. The van der Waals surface area contributed by atoms with Crippen LogP contribution >= 0.6 is 11.8 Å². The molecular weight excluding hydrogens is 392 g/mol. The summed E-state index contributed by atoms with van der Waals surface area (Å²) in [5, 5.41) is 3.53. The largest absolute Gasteiger partial charge is 0.493 e. The van der Waals surface area contributed by atoms with Crippen LogP contribution in [0.4, 0.5) is 5.69 Å². The number of amides is 2. The molecule has 3 N–H and O–H groups in total. The van der Waals surface area contributed by atoms with Gasteiger partial charge in [0.15, 0.2) is 16.7 Å². The molecule has 150 valence electrons. The van der Waals surface area contributed by atoms with Gasteiger partial charge in [-0.3, -0.25) is 14.2 Å². The van der Waals surface area contributed by atoms with E-state index in [4.69, 9.17) is 15.2 Å². The highest BCUT2D eigenvalue weighted by Gasteiger charge is 2.18. The summed E-state index contributed by atoms with van der Waals surface area (Å²) >= 11 is 1.50. The molecule has 0 atom stereocenters.